The van der Waals surface area contributed by atoms with Crippen molar-refractivity contribution in [3.8, 4) is 0 Å². The fourth-order valence-corrected chi connectivity index (χ4v) is 1.77. The smallest absolute Gasteiger partial charge is 0.338 e. The summed E-state index contributed by atoms with van der Waals surface area (Å²) in [6.07, 6.45) is 12.9. The van der Waals surface area contributed by atoms with Crippen molar-refractivity contribution in [3.05, 3.63) is 59.5 Å². The molecule has 0 fully saturated rings. The highest BCUT2D eigenvalue weighted by atomic mass is 16.7. The first-order valence-corrected chi connectivity index (χ1v) is 6.24. The molecule has 2 rings (SSSR count). The lowest BCUT2D eigenvalue weighted by Gasteiger charge is -2.15. The third kappa shape index (κ3) is 3.37. The minimum absolute atomic E-state index is 0.0694. The molecule has 100 valence electrons. The first-order valence-electron chi connectivity index (χ1n) is 6.24. The molecule has 0 amide bonds. The minimum atomic E-state index is -1.02. The molecule has 2 aliphatic rings. The Labute approximate surface area is 112 Å². The maximum Gasteiger partial charge on any atom is 0.338 e. The van der Waals surface area contributed by atoms with Crippen molar-refractivity contribution in [2.45, 2.75) is 26.2 Å². The molecule has 1 N–H and O–H groups in total. The van der Waals surface area contributed by atoms with Gasteiger partial charge in [0.15, 0.2) is 0 Å². The van der Waals surface area contributed by atoms with Crippen LogP contribution in [0.5, 0.6) is 0 Å². The van der Waals surface area contributed by atoms with Crippen LogP contribution in [0.25, 0.3) is 0 Å². The van der Waals surface area contributed by atoms with Crippen LogP contribution >= 0.6 is 0 Å². The van der Waals surface area contributed by atoms with Gasteiger partial charge in [-0.15, -0.1) is 0 Å². The molecule has 0 unspecified atom stereocenters. The molecule has 0 radical (unpaired) electrons. The van der Waals surface area contributed by atoms with Crippen LogP contribution in [-0.4, -0.2) is 11.1 Å². The lowest BCUT2D eigenvalue weighted by atomic mass is 10.2. The molecule has 19 heavy (non-hydrogen) atoms. The maximum atomic E-state index is 11.2. The summed E-state index contributed by atoms with van der Waals surface area (Å²) in [5.74, 6) is 0.429. The number of hydrogen-bond donors (Lipinski definition) is 1. The van der Waals surface area contributed by atoms with E-state index in [1.165, 1.54) is 0 Å². The largest absolute Gasteiger partial charge is 0.478 e. The fraction of sp³-hybridized carbons (Fsp3) is 0.267. The summed E-state index contributed by atoms with van der Waals surface area (Å²) in [5, 5.41) is 9.20. The molecular formula is C15H16O4. The highest BCUT2D eigenvalue weighted by Gasteiger charge is 2.19. The average molecular weight is 260 g/mol. The zero-order valence-electron chi connectivity index (χ0n) is 10.8. The zero-order chi connectivity index (χ0) is 13.7. The molecule has 0 saturated carbocycles. The molecule has 0 heterocycles. The summed E-state index contributed by atoms with van der Waals surface area (Å²) in [6.45, 7) is 1.76. The van der Waals surface area contributed by atoms with E-state index in [0.29, 0.717) is 30.8 Å². The second-order valence-corrected chi connectivity index (χ2v) is 4.16. The van der Waals surface area contributed by atoms with Gasteiger partial charge in [-0.25, -0.2) is 4.79 Å². The van der Waals surface area contributed by atoms with Gasteiger partial charge < -0.3 is 14.6 Å². The van der Waals surface area contributed by atoms with E-state index >= 15 is 0 Å². The van der Waals surface area contributed by atoms with Gasteiger partial charge in [0.25, 0.3) is 5.95 Å². The molecule has 0 saturated heterocycles. The van der Waals surface area contributed by atoms with Crippen molar-refractivity contribution < 1.29 is 19.4 Å². The Hall–Kier alpha value is -2.23. The van der Waals surface area contributed by atoms with Crippen LogP contribution in [0.3, 0.4) is 0 Å². The normalized spacial score (nSPS) is 16.1. The maximum absolute atomic E-state index is 11.2. The molecule has 4 heteroatoms. The van der Waals surface area contributed by atoms with Gasteiger partial charge in [-0.05, 0) is 18.6 Å². The van der Waals surface area contributed by atoms with E-state index in [4.69, 9.17) is 9.47 Å². The summed E-state index contributed by atoms with van der Waals surface area (Å²) in [6, 6.07) is 0. The van der Waals surface area contributed by atoms with Crippen molar-refractivity contribution in [3.63, 3.8) is 0 Å². The van der Waals surface area contributed by atoms with Gasteiger partial charge in [-0.3, -0.25) is 0 Å². The third-order valence-electron chi connectivity index (χ3n) is 2.78. The predicted molar refractivity (Wildman–Crippen MR) is 70.8 cm³/mol. The van der Waals surface area contributed by atoms with Crippen molar-refractivity contribution in [2.75, 3.05) is 0 Å². The number of ether oxygens (including phenoxy) is 2. The first kappa shape index (κ1) is 13.2. The Balaban J connectivity index is 2.18. The van der Waals surface area contributed by atoms with E-state index in [1.807, 2.05) is 24.3 Å². The van der Waals surface area contributed by atoms with E-state index in [-0.39, 0.29) is 11.5 Å². The van der Waals surface area contributed by atoms with Gasteiger partial charge in [-0.2, -0.15) is 0 Å². The van der Waals surface area contributed by atoms with E-state index in [9.17, 15) is 9.90 Å². The van der Waals surface area contributed by atoms with E-state index in [1.54, 1.807) is 19.1 Å². The molecule has 4 nitrogen and oxygen atoms in total. The van der Waals surface area contributed by atoms with Crippen LogP contribution in [0.1, 0.15) is 26.2 Å². The first-order chi connectivity index (χ1) is 9.20. The predicted octanol–water partition coefficient (Wildman–Crippen LogP) is 3.41. The summed E-state index contributed by atoms with van der Waals surface area (Å²) >= 11 is 0. The number of hydrogen-bond acceptors (Lipinski definition) is 3. The van der Waals surface area contributed by atoms with Crippen LogP contribution in [0.4, 0.5) is 0 Å². The van der Waals surface area contributed by atoms with Gasteiger partial charge in [0.2, 0.25) is 0 Å². The standard InChI is InChI=1S/C15H16O4/c1-2-13(14(16)17)15(18-11-7-3-4-8-11)19-12-9-5-6-10-12/h3-7,9H,2,8,10H2,1H3,(H,16,17). The monoisotopic (exact) mass is 260 g/mol. The topological polar surface area (TPSA) is 55.8 Å². The lowest BCUT2D eigenvalue weighted by Crippen LogP contribution is -2.09. The van der Waals surface area contributed by atoms with Crippen LogP contribution < -0.4 is 0 Å². The van der Waals surface area contributed by atoms with E-state index in [0.717, 1.165) is 0 Å². The third-order valence-corrected chi connectivity index (χ3v) is 2.78. The molecule has 0 atom stereocenters. The summed E-state index contributed by atoms with van der Waals surface area (Å²) in [4.78, 5) is 11.2. The molecule has 0 aliphatic heterocycles. The highest BCUT2D eigenvalue weighted by Crippen LogP contribution is 2.25. The molecule has 0 spiro atoms. The SMILES string of the molecule is CCC(C(=O)O)=C(OC1=CC=CC1)OC1=CC=CC1. The highest BCUT2D eigenvalue weighted by molar-refractivity contribution is 5.86. The quantitative estimate of drug-likeness (QED) is 0.587. The van der Waals surface area contributed by atoms with Crippen molar-refractivity contribution in [1.82, 2.24) is 0 Å². The Kier molecular flexibility index (Phi) is 4.23. The average Bonchev–Trinajstić information content (AvgIpc) is 3.02. The molecule has 0 aromatic rings. The Morgan fingerprint density at radius 1 is 1.16 bits per heavy atom. The zero-order valence-corrected chi connectivity index (χ0v) is 10.8. The number of allylic oxidation sites excluding steroid dienone is 6. The van der Waals surface area contributed by atoms with Crippen molar-refractivity contribution >= 4 is 5.97 Å². The van der Waals surface area contributed by atoms with Crippen molar-refractivity contribution in [1.29, 1.82) is 0 Å². The molecule has 0 aromatic heterocycles. The summed E-state index contributed by atoms with van der Waals surface area (Å²) in [7, 11) is 0. The Morgan fingerprint density at radius 2 is 1.68 bits per heavy atom. The van der Waals surface area contributed by atoms with Gasteiger partial charge in [0.1, 0.15) is 17.1 Å². The van der Waals surface area contributed by atoms with E-state index in [2.05, 4.69) is 0 Å². The van der Waals surface area contributed by atoms with Crippen LogP contribution in [0.15, 0.2) is 59.5 Å². The molecule has 0 aromatic carbocycles. The van der Waals surface area contributed by atoms with Gasteiger partial charge in [0.05, 0.1) is 0 Å². The Morgan fingerprint density at radius 3 is 2.00 bits per heavy atom. The van der Waals surface area contributed by atoms with Gasteiger partial charge in [0, 0.05) is 12.8 Å². The number of carbonyl (C=O) groups is 1. The lowest BCUT2D eigenvalue weighted by molar-refractivity contribution is -0.133. The second-order valence-electron chi connectivity index (χ2n) is 4.16. The minimum Gasteiger partial charge on any atom is -0.478 e. The van der Waals surface area contributed by atoms with E-state index < -0.39 is 5.97 Å². The summed E-state index contributed by atoms with van der Waals surface area (Å²) < 4.78 is 11.2. The number of carboxylic acid groups (broad SMARTS) is 1. The van der Waals surface area contributed by atoms with Gasteiger partial charge >= 0.3 is 5.97 Å². The Bertz CT molecular complexity index is 484. The molecule has 0 bridgehead atoms. The van der Waals surface area contributed by atoms with Crippen molar-refractivity contribution in [2.24, 2.45) is 0 Å². The number of rotatable bonds is 6. The summed E-state index contributed by atoms with van der Waals surface area (Å²) in [5.41, 5.74) is 0.139. The number of carboxylic acids is 1. The number of aliphatic carboxylic acids is 1. The van der Waals surface area contributed by atoms with Crippen LogP contribution in [0.2, 0.25) is 0 Å². The van der Waals surface area contributed by atoms with Gasteiger partial charge in [-0.1, -0.05) is 31.2 Å². The van der Waals surface area contributed by atoms with Crippen LogP contribution in [-0.2, 0) is 14.3 Å². The molecule has 2 aliphatic carbocycles. The van der Waals surface area contributed by atoms with Crippen LogP contribution in [0, 0.1) is 0 Å². The second kappa shape index (κ2) is 6.09. The molecular weight excluding hydrogens is 244 g/mol. The fourth-order valence-electron chi connectivity index (χ4n) is 1.77.